The maximum absolute atomic E-state index is 9.08. The summed E-state index contributed by atoms with van der Waals surface area (Å²) in [7, 11) is 2.20. The largest absolute Gasteiger partial charge is 0.396 e. The van der Waals surface area contributed by atoms with Crippen molar-refractivity contribution in [3.8, 4) is 0 Å². The molecule has 2 N–H and O–H groups in total. The molecule has 1 heterocycles. The van der Waals surface area contributed by atoms with Gasteiger partial charge in [-0.15, -0.1) is 0 Å². The lowest BCUT2D eigenvalue weighted by Crippen LogP contribution is -2.49. The van der Waals surface area contributed by atoms with E-state index in [4.69, 9.17) is 5.11 Å². The minimum atomic E-state index is 0.274. The van der Waals surface area contributed by atoms with Gasteiger partial charge in [-0.3, -0.25) is 0 Å². The Kier molecular flexibility index (Phi) is 5.03. The first-order valence-electron chi connectivity index (χ1n) is 6.11. The molecule has 3 nitrogen and oxygen atoms in total. The lowest BCUT2D eigenvalue weighted by molar-refractivity contribution is 0.146. The zero-order valence-corrected chi connectivity index (χ0v) is 10.5. The molecule has 0 aromatic rings. The van der Waals surface area contributed by atoms with Gasteiger partial charge in [-0.2, -0.15) is 0 Å². The van der Waals surface area contributed by atoms with Crippen LogP contribution in [0.15, 0.2) is 0 Å². The van der Waals surface area contributed by atoms with E-state index in [0.717, 1.165) is 0 Å². The van der Waals surface area contributed by atoms with Crippen molar-refractivity contribution in [1.82, 2.24) is 10.2 Å². The van der Waals surface area contributed by atoms with Gasteiger partial charge in [0.2, 0.25) is 0 Å². The number of nitrogens with one attached hydrogen (secondary N) is 1. The van der Waals surface area contributed by atoms with Gasteiger partial charge in [0, 0.05) is 24.7 Å². The van der Waals surface area contributed by atoms with E-state index < -0.39 is 0 Å². The van der Waals surface area contributed by atoms with E-state index in [1.165, 1.54) is 19.4 Å². The summed E-state index contributed by atoms with van der Waals surface area (Å²) in [6, 6.07) is 1.71. The Balaban J connectivity index is 2.33. The maximum Gasteiger partial charge on any atom is 0.0471 e. The molecule has 0 bridgehead atoms. The number of hydrogen-bond acceptors (Lipinski definition) is 3. The molecule has 0 aromatic heterocycles. The fraction of sp³-hybridized carbons (Fsp3) is 1.00. The molecular formula is C12H26N2O. The third-order valence-electron chi connectivity index (χ3n) is 3.85. The van der Waals surface area contributed by atoms with Crippen molar-refractivity contribution in [2.45, 2.75) is 51.7 Å². The van der Waals surface area contributed by atoms with Crippen LogP contribution in [-0.2, 0) is 0 Å². The summed E-state index contributed by atoms with van der Waals surface area (Å²) < 4.78 is 0. The molecule has 4 unspecified atom stereocenters. The standard InChI is InChI=1S/C12H26N2O/c1-9(8-15)11(3)13-12-5-6-14(4)10(2)7-12/h9-13,15H,5-8H2,1-4H3. The summed E-state index contributed by atoms with van der Waals surface area (Å²) in [5, 5.41) is 12.7. The highest BCUT2D eigenvalue weighted by Gasteiger charge is 2.24. The van der Waals surface area contributed by atoms with Crippen LogP contribution in [0.3, 0.4) is 0 Å². The molecule has 1 aliphatic heterocycles. The van der Waals surface area contributed by atoms with E-state index >= 15 is 0 Å². The Morgan fingerprint density at radius 2 is 2.13 bits per heavy atom. The van der Waals surface area contributed by atoms with E-state index in [2.05, 4.69) is 38.0 Å². The van der Waals surface area contributed by atoms with Crippen LogP contribution < -0.4 is 5.32 Å². The smallest absolute Gasteiger partial charge is 0.0471 e. The van der Waals surface area contributed by atoms with Crippen LogP contribution in [0.25, 0.3) is 0 Å². The fourth-order valence-electron chi connectivity index (χ4n) is 2.13. The van der Waals surface area contributed by atoms with Gasteiger partial charge in [0.05, 0.1) is 0 Å². The van der Waals surface area contributed by atoms with Gasteiger partial charge in [-0.05, 0) is 46.2 Å². The Labute approximate surface area is 93.9 Å². The number of hydrogen-bond donors (Lipinski definition) is 2. The van der Waals surface area contributed by atoms with Crippen molar-refractivity contribution in [1.29, 1.82) is 0 Å². The molecule has 3 heteroatoms. The third kappa shape index (κ3) is 3.74. The topological polar surface area (TPSA) is 35.5 Å². The van der Waals surface area contributed by atoms with Gasteiger partial charge in [-0.1, -0.05) is 6.92 Å². The quantitative estimate of drug-likeness (QED) is 0.735. The van der Waals surface area contributed by atoms with Crippen molar-refractivity contribution < 1.29 is 5.11 Å². The minimum absolute atomic E-state index is 0.274. The van der Waals surface area contributed by atoms with Crippen LogP contribution in [-0.4, -0.2) is 48.3 Å². The molecule has 1 fully saturated rings. The molecule has 0 aromatic carbocycles. The predicted molar refractivity (Wildman–Crippen MR) is 64.0 cm³/mol. The molecule has 90 valence electrons. The summed E-state index contributed by atoms with van der Waals surface area (Å²) in [5.74, 6) is 0.347. The number of piperidine rings is 1. The predicted octanol–water partition coefficient (Wildman–Crippen LogP) is 1.08. The molecule has 1 saturated heterocycles. The van der Waals surface area contributed by atoms with E-state index in [1.807, 2.05) is 0 Å². The van der Waals surface area contributed by atoms with Crippen LogP contribution >= 0.6 is 0 Å². The number of likely N-dealkylation sites (tertiary alicyclic amines) is 1. The van der Waals surface area contributed by atoms with Crippen LogP contribution in [0.4, 0.5) is 0 Å². The first-order chi connectivity index (χ1) is 7.04. The maximum atomic E-state index is 9.08. The molecule has 0 radical (unpaired) electrons. The van der Waals surface area contributed by atoms with Gasteiger partial charge in [0.25, 0.3) is 0 Å². The summed E-state index contributed by atoms with van der Waals surface area (Å²) in [6.45, 7) is 8.00. The Morgan fingerprint density at radius 1 is 1.47 bits per heavy atom. The van der Waals surface area contributed by atoms with Gasteiger partial charge in [0.15, 0.2) is 0 Å². The van der Waals surface area contributed by atoms with Crippen LogP contribution in [0.5, 0.6) is 0 Å². The number of aliphatic hydroxyl groups excluding tert-OH is 1. The van der Waals surface area contributed by atoms with Crippen molar-refractivity contribution in [2.24, 2.45) is 5.92 Å². The van der Waals surface area contributed by atoms with Gasteiger partial charge in [0.1, 0.15) is 0 Å². The summed E-state index contributed by atoms with van der Waals surface area (Å²) >= 11 is 0. The molecule has 0 spiro atoms. The summed E-state index contributed by atoms with van der Waals surface area (Å²) in [5.41, 5.74) is 0. The second-order valence-corrected chi connectivity index (χ2v) is 5.17. The van der Waals surface area contributed by atoms with Gasteiger partial charge < -0.3 is 15.3 Å². The van der Waals surface area contributed by atoms with Crippen molar-refractivity contribution >= 4 is 0 Å². The molecular weight excluding hydrogens is 188 g/mol. The fourth-order valence-corrected chi connectivity index (χ4v) is 2.13. The number of aliphatic hydroxyl groups is 1. The molecule has 0 amide bonds. The molecule has 15 heavy (non-hydrogen) atoms. The van der Waals surface area contributed by atoms with E-state index in [-0.39, 0.29) is 6.61 Å². The minimum Gasteiger partial charge on any atom is -0.396 e. The van der Waals surface area contributed by atoms with Crippen molar-refractivity contribution in [3.05, 3.63) is 0 Å². The zero-order valence-electron chi connectivity index (χ0n) is 10.5. The monoisotopic (exact) mass is 214 g/mol. The average molecular weight is 214 g/mol. The zero-order chi connectivity index (χ0) is 11.4. The number of rotatable bonds is 4. The lowest BCUT2D eigenvalue weighted by Gasteiger charge is -2.37. The van der Waals surface area contributed by atoms with Crippen LogP contribution in [0.1, 0.15) is 33.6 Å². The lowest BCUT2D eigenvalue weighted by atomic mass is 9.96. The molecule has 0 saturated carbocycles. The second kappa shape index (κ2) is 5.83. The van der Waals surface area contributed by atoms with E-state index in [0.29, 0.717) is 24.0 Å². The molecule has 0 aliphatic carbocycles. The molecule has 1 rings (SSSR count). The van der Waals surface area contributed by atoms with Gasteiger partial charge >= 0.3 is 0 Å². The van der Waals surface area contributed by atoms with Crippen LogP contribution in [0.2, 0.25) is 0 Å². The normalized spacial score (nSPS) is 32.6. The Bertz CT molecular complexity index is 186. The third-order valence-corrected chi connectivity index (χ3v) is 3.85. The summed E-state index contributed by atoms with van der Waals surface area (Å²) in [4.78, 5) is 2.41. The molecule has 4 atom stereocenters. The SMILES string of the molecule is CC(CO)C(C)NC1CCN(C)C(C)C1. The van der Waals surface area contributed by atoms with E-state index in [9.17, 15) is 0 Å². The van der Waals surface area contributed by atoms with Crippen molar-refractivity contribution in [2.75, 3.05) is 20.2 Å². The molecule has 1 aliphatic rings. The highest BCUT2D eigenvalue weighted by Crippen LogP contribution is 2.16. The summed E-state index contributed by atoms with van der Waals surface area (Å²) in [6.07, 6.45) is 2.45. The first kappa shape index (κ1) is 12.9. The van der Waals surface area contributed by atoms with Crippen LogP contribution in [0, 0.1) is 5.92 Å². The number of nitrogens with zero attached hydrogens (tertiary/aromatic N) is 1. The van der Waals surface area contributed by atoms with E-state index in [1.54, 1.807) is 0 Å². The Morgan fingerprint density at radius 3 is 2.67 bits per heavy atom. The van der Waals surface area contributed by atoms with Gasteiger partial charge in [-0.25, -0.2) is 0 Å². The highest BCUT2D eigenvalue weighted by atomic mass is 16.3. The Hall–Kier alpha value is -0.120. The second-order valence-electron chi connectivity index (χ2n) is 5.17. The first-order valence-corrected chi connectivity index (χ1v) is 6.11. The average Bonchev–Trinajstić information content (AvgIpc) is 2.22. The highest BCUT2D eigenvalue weighted by molar-refractivity contribution is 4.83. The van der Waals surface area contributed by atoms with Crippen molar-refractivity contribution in [3.63, 3.8) is 0 Å².